The number of rotatable bonds is 6. The van der Waals surface area contributed by atoms with Gasteiger partial charge in [-0.05, 0) is 43.9 Å². The minimum atomic E-state index is -3.65. The zero-order valence-electron chi connectivity index (χ0n) is 12.7. The minimum absolute atomic E-state index is 0.306. The third-order valence-electron chi connectivity index (χ3n) is 3.66. The maximum Gasteiger partial charge on any atom is 0.197 e. The van der Waals surface area contributed by atoms with E-state index in [4.69, 9.17) is 0 Å². The van der Waals surface area contributed by atoms with Crippen molar-refractivity contribution in [2.24, 2.45) is 0 Å². The number of hydrogen-bond acceptors (Lipinski definition) is 3. The van der Waals surface area contributed by atoms with Gasteiger partial charge in [0.2, 0.25) is 0 Å². The number of aryl methyl sites for hydroxylation is 2. The van der Waals surface area contributed by atoms with E-state index in [9.17, 15) is 13.7 Å². The third-order valence-corrected chi connectivity index (χ3v) is 6.21. The lowest BCUT2D eigenvalue weighted by Crippen LogP contribution is -2.37. The van der Waals surface area contributed by atoms with Crippen molar-refractivity contribution in [2.75, 3.05) is 0 Å². The van der Waals surface area contributed by atoms with Crippen LogP contribution in [-0.2, 0) is 9.84 Å². The predicted molar refractivity (Wildman–Crippen MR) is 81.3 cm³/mol. The van der Waals surface area contributed by atoms with Gasteiger partial charge in [0.05, 0.1) is 11.0 Å². The molecule has 0 N–H and O–H groups in total. The molecule has 0 radical (unpaired) electrons. The average Bonchev–Trinajstić information content (AvgIpc) is 2.40. The van der Waals surface area contributed by atoms with Crippen LogP contribution < -0.4 is 0 Å². The summed E-state index contributed by atoms with van der Waals surface area (Å²) in [5.74, 6) is 0. The summed E-state index contributed by atoms with van der Waals surface area (Å²) in [5.41, 5.74) is 1.61. The van der Waals surface area contributed by atoms with Gasteiger partial charge < -0.3 is 0 Å². The molecule has 0 heterocycles. The Labute approximate surface area is 122 Å². The van der Waals surface area contributed by atoms with Crippen LogP contribution >= 0.6 is 0 Å². The van der Waals surface area contributed by atoms with Gasteiger partial charge in [-0.25, -0.2) is 8.42 Å². The van der Waals surface area contributed by atoms with Crippen LogP contribution in [0.4, 0.5) is 0 Å². The monoisotopic (exact) mass is 293 g/mol. The quantitative estimate of drug-likeness (QED) is 0.798. The van der Waals surface area contributed by atoms with Crippen molar-refractivity contribution in [3.8, 4) is 6.07 Å². The highest BCUT2D eigenvalue weighted by molar-refractivity contribution is 7.93. The molecule has 0 unspecified atom stereocenters. The maximum absolute atomic E-state index is 13.0. The summed E-state index contributed by atoms with van der Waals surface area (Å²) in [6, 6.07) is 7.50. The van der Waals surface area contributed by atoms with Crippen LogP contribution in [-0.4, -0.2) is 13.2 Å². The molecular formula is C16H23NO2S. The van der Waals surface area contributed by atoms with E-state index < -0.39 is 14.6 Å². The van der Waals surface area contributed by atoms with Crippen molar-refractivity contribution in [2.45, 2.75) is 63.0 Å². The molecule has 4 heteroatoms. The SMILES string of the molecule is CCCC(C#N)(CCC)S(=O)(=O)c1cc(C)ccc1C. The normalized spacial score (nSPS) is 12.2. The highest BCUT2D eigenvalue weighted by atomic mass is 32.2. The van der Waals surface area contributed by atoms with E-state index in [1.165, 1.54) is 0 Å². The average molecular weight is 293 g/mol. The summed E-state index contributed by atoms with van der Waals surface area (Å²) in [4.78, 5) is 0.306. The lowest BCUT2D eigenvalue weighted by atomic mass is 9.99. The van der Waals surface area contributed by atoms with Crippen LogP contribution in [0.2, 0.25) is 0 Å². The number of hydrogen-bond donors (Lipinski definition) is 0. The molecule has 1 aromatic rings. The number of nitrogens with zero attached hydrogens (tertiary/aromatic N) is 1. The number of sulfone groups is 1. The molecule has 0 aliphatic rings. The summed E-state index contributed by atoms with van der Waals surface area (Å²) >= 11 is 0. The number of benzene rings is 1. The summed E-state index contributed by atoms with van der Waals surface area (Å²) in [7, 11) is -3.65. The molecule has 0 saturated carbocycles. The molecule has 0 bridgehead atoms. The highest BCUT2D eigenvalue weighted by Gasteiger charge is 2.44. The fourth-order valence-corrected chi connectivity index (χ4v) is 4.90. The van der Waals surface area contributed by atoms with Gasteiger partial charge in [-0.15, -0.1) is 0 Å². The molecule has 110 valence electrons. The van der Waals surface area contributed by atoms with E-state index in [1.54, 1.807) is 13.0 Å². The fourth-order valence-electron chi connectivity index (χ4n) is 2.58. The van der Waals surface area contributed by atoms with Gasteiger partial charge in [0.1, 0.15) is 0 Å². The second kappa shape index (κ2) is 6.41. The Morgan fingerprint density at radius 3 is 2.15 bits per heavy atom. The van der Waals surface area contributed by atoms with Crippen LogP contribution in [0.25, 0.3) is 0 Å². The van der Waals surface area contributed by atoms with Gasteiger partial charge >= 0.3 is 0 Å². The standard InChI is InChI=1S/C16H23NO2S/c1-5-9-16(12-17,10-6-2)20(18,19)15-11-13(3)7-8-14(15)4/h7-8,11H,5-6,9-10H2,1-4H3. The molecule has 0 fully saturated rings. The molecule has 1 rings (SSSR count). The molecule has 0 aromatic heterocycles. The van der Waals surface area contributed by atoms with Crippen LogP contribution in [0, 0.1) is 25.2 Å². The fraction of sp³-hybridized carbons (Fsp3) is 0.562. The van der Waals surface area contributed by atoms with Crippen LogP contribution in [0.3, 0.4) is 0 Å². The first-order valence-corrected chi connectivity index (χ1v) is 8.56. The van der Waals surface area contributed by atoms with E-state index in [-0.39, 0.29) is 0 Å². The molecule has 0 saturated heterocycles. The Hall–Kier alpha value is -1.34. The van der Waals surface area contributed by atoms with Gasteiger partial charge in [-0.2, -0.15) is 5.26 Å². The zero-order valence-corrected chi connectivity index (χ0v) is 13.5. The van der Waals surface area contributed by atoms with Crippen LogP contribution in [0.15, 0.2) is 23.1 Å². The predicted octanol–water partition coefficient (Wildman–Crippen LogP) is 3.94. The molecule has 3 nitrogen and oxygen atoms in total. The van der Waals surface area contributed by atoms with Crippen LogP contribution in [0.5, 0.6) is 0 Å². The van der Waals surface area contributed by atoms with Crippen molar-refractivity contribution in [1.82, 2.24) is 0 Å². The summed E-state index contributed by atoms with van der Waals surface area (Å²) < 4.78 is 24.7. The van der Waals surface area contributed by atoms with E-state index in [0.717, 1.165) is 5.56 Å². The van der Waals surface area contributed by atoms with Crippen molar-refractivity contribution >= 4 is 9.84 Å². The van der Waals surface area contributed by atoms with E-state index in [1.807, 2.05) is 32.9 Å². The van der Waals surface area contributed by atoms with Gasteiger partial charge in [-0.1, -0.05) is 38.8 Å². The summed E-state index contributed by atoms with van der Waals surface area (Å²) in [5, 5.41) is 9.57. The number of nitriles is 1. The lowest BCUT2D eigenvalue weighted by Gasteiger charge is -2.26. The Balaban J connectivity index is 3.52. The topological polar surface area (TPSA) is 57.9 Å². The van der Waals surface area contributed by atoms with Gasteiger partial charge in [0.25, 0.3) is 0 Å². The first-order chi connectivity index (χ1) is 9.34. The Bertz CT molecular complexity index is 606. The van der Waals surface area contributed by atoms with E-state index in [2.05, 4.69) is 6.07 Å². The summed E-state index contributed by atoms with van der Waals surface area (Å²) in [6.07, 6.45) is 2.12. The Kier molecular flexibility index (Phi) is 5.35. The molecule has 0 atom stereocenters. The third kappa shape index (κ3) is 2.88. The minimum Gasteiger partial charge on any atom is -0.222 e. The summed E-state index contributed by atoms with van der Waals surface area (Å²) in [6.45, 7) is 7.49. The zero-order chi connectivity index (χ0) is 15.4. The largest absolute Gasteiger partial charge is 0.222 e. The maximum atomic E-state index is 13.0. The van der Waals surface area contributed by atoms with Gasteiger partial charge in [0.15, 0.2) is 14.6 Å². The second-order valence-corrected chi connectivity index (χ2v) is 7.61. The lowest BCUT2D eigenvalue weighted by molar-refractivity contribution is 0.508. The molecule has 0 spiro atoms. The van der Waals surface area contributed by atoms with Crippen molar-refractivity contribution in [3.63, 3.8) is 0 Å². The molecular weight excluding hydrogens is 270 g/mol. The van der Waals surface area contributed by atoms with Gasteiger partial charge in [0, 0.05) is 0 Å². The highest BCUT2D eigenvalue weighted by Crippen LogP contribution is 2.35. The van der Waals surface area contributed by atoms with Gasteiger partial charge in [-0.3, -0.25) is 0 Å². The Morgan fingerprint density at radius 2 is 1.70 bits per heavy atom. The van der Waals surface area contributed by atoms with Crippen molar-refractivity contribution in [1.29, 1.82) is 5.26 Å². The first-order valence-electron chi connectivity index (χ1n) is 7.07. The smallest absolute Gasteiger partial charge is 0.197 e. The molecule has 0 amide bonds. The molecule has 20 heavy (non-hydrogen) atoms. The molecule has 0 aliphatic heterocycles. The Morgan fingerprint density at radius 1 is 1.15 bits per heavy atom. The van der Waals surface area contributed by atoms with E-state index in [0.29, 0.717) is 36.1 Å². The second-order valence-electron chi connectivity index (χ2n) is 5.38. The molecule has 0 aliphatic carbocycles. The van der Waals surface area contributed by atoms with Crippen molar-refractivity contribution < 1.29 is 8.42 Å². The van der Waals surface area contributed by atoms with E-state index >= 15 is 0 Å². The first kappa shape index (κ1) is 16.7. The van der Waals surface area contributed by atoms with Crippen molar-refractivity contribution in [3.05, 3.63) is 29.3 Å². The van der Waals surface area contributed by atoms with Crippen LogP contribution in [0.1, 0.15) is 50.7 Å². The molecule has 1 aromatic carbocycles.